The first-order chi connectivity index (χ1) is 8.47. The summed E-state index contributed by atoms with van der Waals surface area (Å²) < 4.78 is 5.00. The number of thiocarbonyl (C=S) groups is 1. The van der Waals surface area contributed by atoms with Crippen LogP contribution in [0.25, 0.3) is 0 Å². The second kappa shape index (κ2) is 7.56. The molecule has 2 N–H and O–H groups in total. The monoisotopic (exact) mass is 272 g/mol. The molecule has 0 bridgehead atoms. The van der Waals surface area contributed by atoms with E-state index in [1.54, 1.807) is 0 Å². The first kappa shape index (κ1) is 15.2. The fourth-order valence-corrected chi connectivity index (χ4v) is 2.25. The molecule has 1 saturated carbocycles. The Bertz CT molecular complexity index is 287. The molecule has 1 fully saturated rings. The standard InChI is InChI=1S/C13H24N2O2S/c1-9(2)8-17-13(16)15-12(18)14-11-6-4-10(3)5-7-11/h9-11H,4-8H2,1-3H3,(H2,14,15,16,18). The summed E-state index contributed by atoms with van der Waals surface area (Å²) in [6.45, 7) is 6.67. The van der Waals surface area contributed by atoms with Crippen molar-refractivity contribution < 1.29 is 9.53 Å². The Hall–Kier alpha value is -0.840. The highest BCUT2D eigenvalue weighted by molar-refractivity contribution is 7.80. The zero-order valence-electron chi connectivity index (χ0n) is 11.5. The third kappa shape index (κ3) is 6.19. The van der Waals surface area contributed by atoms with Crippen LogP contribution in [0.3, 0.4) is 0 Å². The fourth-order valence-electron chi connectivity index (χ4n) is 2.00. The molecule has 0 heterocycles. The van der Waals surface area contributed by atoms with Crippen LogP contribution >= 0.6 is 12.2 Å². The SMILES string of the molecule is CC(C)COC(=O)NC(=S)NC1CCC(C)CC1. The van der Waals surface area contributed by atoms with Crippen LogP contribution in [0, 0.1) is 11.8 Å². The normalized spacial score (nSPS) is 23.6. The largest absolute Gasteiger partial charge is 0.449 e. The number of nitrogens with one attached hydrogen (secondary N) is 2. The first-order valence-corrected chi connectivity index (χ1v) is 7.12. The van der Waals surface area contributed by atoms with Crippen molar-refractivity contribution in [2.24, 2.45) is 11.8 Å². The van der Waals surface area contributed by atoms with E-state index in [1.165, 1.54) is 12.8 Å². The van der Waals surface area contributed by atoms with Crippen LogP contribution in [0.4, 0.5) is 4.79 Å². The molecule has 0 atom stereocenters. The summed E-state index contributed by atoms with van der Waals surface area (Å²) in [5.41, 5.74) is 0. The molecule has 1 aliphatic carbocycles. The highest BCUT2D eigenvalue weighted by Gasteiger charge is 2.19. The number of alkyl carbamates (subject to hydrolysis) is 1. The van der Waals surface area contributed by atoms with E-state index in [4.69, 9.17) is 17.0 Å². The Kier molecular flexibility index (Phi) is 6.39. The molecule has 18 heavy (non-hydrogen) atoms. The van der Waals surface area contributed by atoms with E-state index >= 15 is 0 Å². The highest BCUT2D eigenvalue weighted by atomic mass is 32.1. The van der Waals surface area contributed by atoms with Gasteiger partial charge in [0.15, 0.2) is 5.11 Å². The lowest BCUT2D eigenvalue weighted by molar-refractivity contribution is 0.138. The Morgan fingerprint density at radius 3 is 2.50 bits per heavy atom. The zero-order chi connectivity index (χ0) is 13.5. The molecule has 0 aromatic heterocycles. The van der Waals surface area contributed by atoms with Gasteiger partial charge in [-0.25, -0.2) is 4.79 Å². The van der Waals surface area contributed by atoms with E-state index in [1.807, 2.05) is 13.8 Å². The molecule has 4 nitrogen and oxygen atoms in total. The maximum absolute atomic E-state index is 11.4. The molecule has 0 aromatic carbocycles. The Labute approximate surface area is 115 Å². The summed E-state index contributed by atoms with van der Waals surface area (Å²) in [5, 5.41) is 6.11. The second-order valence-electron chi connectivity index (χ2n) is 5.55. The summed E-state index contributed by atoms with van der Waals surface area (Å²) in [7, 11) is 0. The molecule has 1 rings (SSSR count). The number of rotatable bonds is 3. The maximum Gasteiger partial charge on any atom is 0.413 e. The lowest BCUT2D eigenvalue weighted by atomic mass is 9.87. The van der Waals surface area contributed by atoms with E-state index in [-0.39, 0.29) is 0 Å². The number of hydrogen-bond donors (Lipinski definition) is 2. The van der Waals surface area contributed by atoms with Gasteiger partial charge in [-0.05, 0) is 49.7 Å². The predicted molar refractivity (Wildman–Crippen MR) is 76.5 cm³/mol. The third-order valence-electron chi connectivity index (χ3n) is 3.11. The van der Waals surface area contributed by atoms with E-state index < -0.39 is 6.09 Å². The number of carbonyl (C=O) groups is 1. The van der Waals surface area contributed by atoms with Gasteiger partial charge in [-0.2, -0.15) is 0 Å². The van der Waals surface area contributed by atoms with Crippen LogP contribution in [-0.4, -0.2) is 23.9 Å². The Morgan fingerprint density at radius 1 is 1.33 bits per heavy atom. The minimum Gasteiger partial charge on any atom is -0.449 e. The number of ether oxygens (including phenoxy) is 1. The smallest absolute Gasteiger partial charge is 0.413 e. The van der Waals surface area contributed by atoms with Crippen LogP contribution in [0.2, 0.25) is 0 Å². The molecule has 0 aromatic rings. The summed E-state index contributed by atoms with van der Waals surface area (Å²) >= 11 is 5.10. The molecule has 0 spiro atoms. The zero-order valence-corrected chi connectivity index (χ0v) is 12.3. The van der Waals surface area contributed by atoms with Gasteiger partial charge in [0.2, 0.25) is 0 Å². The van der Waals surface area contributed by atoms with Crippen molar-refractivity contribution >= 4 is 23.4 Å². The summed E-state index contributed by atoms with van der Waals surface area (Å²) in [6.07, 6.45) is 4.20. The molecule has 5 heteroatoms. The van der Waals surface area contributed by atoms with Crippen LogP contribution in [0.5, 0.6) is 0 Å². The molecule has 0 saturated heterocycles. The Balaban J connectivity index is 2.18. The van der Waals surface area contributed by atoms with Crippen molar-refractivity contribution in [3.63, 3.8) is 0 Å². The third-order valence-corrected chi connectivity index (χ3v) is 3.33. The van der Waals surface area contributed by atoms with Gasteiger partial charge in [0.05, 0.1) is 6.61 Å². The molecule has 1 aliphatic rings. The van der Waals surface area contributed by atoms with Crippen molar-refractivity contribution in [1.82, 2.24) is 10.6 Å². The van der Waals surface area contributed by atoms with Crippen LogP contribution in [-0.2, 0) is 4.74 Å². The summed E-state index contributed by atoms with van der Waals surface area (Å²) in [6, 6.07) is 0.388. The van der Waals surface area contributed by atoms with E-state index in [0.29, 0.717) is 23.7 Å². The van der Waals surface area contributed by atoms with Gasteiger partial charge in [0.1, 0.15) is 0 Å². The fraction of sp³-hybridized carbons (Fsp3) is 0.846. The van der Waals surface area contributed by atoms with Gasteiger partial charge in [-0.15, -0.1) is 0 Å². The lowest BCUT2D eigenvalue weighted by Gasteiger charge is -2.27. The quantitative estimate of drug-likeness (QED) is 0.776. The van der Waals surface area contributed by atoms with Crippen molar-refractivity contribution in [2.45, 2.75) is 52.5 Å². The summed E-state index contributed by atoms with van der Waals surface area (Å²) in [5.74, 6) is 1.14. The van der Waals surface area contributed by atoms with Crippen molar-refractivity contribution in [3.05, 3.63) is 0 Å². The van der Waals surface area contributed by atoms with Gasteiger partial charge in [0.25, 0.3) is 0 Å². The van der Waals surface area contributed by atoms with Gasteiger partial charge in [-0.1, -0.05) is 20.8 Å². The van der Waals surface area contributed by atoms with Crippen LogP contribution in [0.1, 0.15) is 46.5 Å². The summed E-state index contributed by atoms with van der Waals surface area (Å²) in [4.78, 5) is 11.4. The maximum atomic E-state index is 11.4. The average Bonchev–Trinajstić information content (AvgIpc) is 2.29. The molecule has 0 aliphatic heterocycles. The van der Waals surface area contributed by atoms with Gasteiger partial charge in [0, 0.05) is 6.04 Å². The van der Waals surface area contributed by atoms with Crippen molar-refractivity contribution in [2.75, 3.05) is 6.61 Å². The topological polar surface area (TPSA) is 50.4 Å². The highest BCUT2D eigenvalue weighted by Crippen LogP contribution is 2.23. The minimum absolute atomic E-state index is 0.331. The molecule has 1 amide bonds. The number of hydrogen-bond acceptors (Lipinski definition) is 3. The Morgan fingerprint density at radius 2 is 1.94 bits per heavy atom. The van der Waals surface area contributed by atoms with Crippen LogP contribution in [0.15, 0.2) is 0 Å². The number of amides is 1. The van der Waals surface area contributed by atoms with E-state index in [9.17, 15) is 4.79 Å². The number of carbonyl (C=O) groups excluding carboxylic acids is 1. The predicted octanol–water partition coefficient (Wildman–Crippen LogP) is 2.82. The minimum atomic E-state index is -0.467. The van der Waals surface area contributed by atoms with Gasteiger partial charge in [-0.3, -0.25) is 5.32 Å². The molecule has 0 radical (unpaired) electrons. The first-order valence-electron chi connectivity index (χ1n) is 6.71. The molecular formula is C13H24N2O2S. The second-order valence-corrected chi connectivity index (χ2v) is 5.96. The van der Waals surface area contributed by atoms with Gasteiger partial charge >= 0.3 is 6.09 Å². The average molecular weight is 272 g/mol. The van der Waals surface area contributed by atoms with Crippen molar-refractivity contribution in [3.8, 4) is 0 Å². The lowest BCUT2D eigenvalue weighted by Crippen LogP contribution is -2.45. The molecular weight excluding hydrogens is 248 g/mol. The van der Waals surface area contributed by atoms with Crippen molar-refractivity contribution in [1.29, 1.82) is 0 Å². The van der Waals surface area contributed by atoms with E-state index in [0.717, 1.165) is 18.8 Å². The van der Waals surface area contributed by atoms with E-state index in [2.05, 4.69) is 17.6 Å². The molecule has 0 unspecified atom stereocenters. The van der Waals surface area contributed by atoms with Gasteiger partial charge < -0.3 is 10.1 Å². The molecule has 104 valence electrons. The van der Waals surface area contributed by atoms with Crippen LogP contribution < -0.4 is 10.6 Å².